The molecule has 0 saturated carbocycles. The predicted octanol–water partition coefficient (Wildman–Crippen LogP) is 3.37. The van der Waals surface area contributed by atoms with Gasteiger partial charge in [-0.25, -0.2) is 13.6 Å². The molecule has 39 heavy (non-hydrogen) atoms. The van der Waals surface area contributed by atoms with Gasteiger partial charge in [-0.1, -0.05) is 6.07 Å². The molecule has 0 radical (unpaired) electrons. The van der Waals surface area contributed by atoms with E-state index in [4.69, 9.17) is 4.74 Å². The maximum absolute atomic E-state index is 14.6. The number of aromatic hydroxyl groups is 1. The smallest absolute Gasteiger partial charge is 0.411 e. The number of phenolic OH excluding ortho intramolecular Hbond substituents is 1. The normalized spacial score (nSPS) is 15.6. The zero-order valence-corrected chi connectivity index (χ0v) is 21.4. The van der Waals surface area contributed by atoms with Crippen LogP contribution in [0.25, 0.3) is 10.9 Å². The van der Waals surface area contributed by atoms with Crippen molar-refractivity contribution in [3.63, 3.8) is 0 Å². The predicted molar refractivity (Wildman–Crippen MR) is 142 cm³/mol. The molecule has 3 aromatic rings. The first kappa shape index (κ1) is 28.0. The molecule has 206 valence electrons. The number of anilines is 1. The fourth-order valence-electron chi connectivity index (χ4n) is 4.43. The van der Waals surface area contributed by atoms with Crippen LogP contribution in [-0.4, -0.2) is 59.0 Å². The second-order valence-electron chi connectivity index (χ2n) is 9.35. The van der Waals surface area contributed by atoms with Crippen LogP contribution in [0.1, 0.15) is 36.5 Å². The number of aromatic nitrogens is 1. The van der Waals surface area contributed by atoms with Crippen LogP contribution in [0.3, 0.4) is 0 Å². The van der Waals surface area contributed by atoms with Crippen molar-refractivity contribution in [2.75, 3.05) is 32.1 Å². The van der Waals surface area contributed by atoms with Gasteiger partial charge in [0.15, 0.2) is 0 Å². The van der Waals surface area contributed by atoms with Crippen LogP contribution in [0.4, 0.5) is 19.3 Å². The third kappa shape index (κ3) is 7.11. The maximum Gasteiger partial charge on any atom is 0.411 e. The van der Waals surface area contributed by atoms with Gasteiger partial charge in [0, 0.05) is 61.6 Å². The Morgan fingerprint density at radius 3 is 2.82 bits per heavy atom. The van der Waals surface area contributed by atoms with Crippen molar-refractivity contribution in [3.05, 3.63) is 69.5 Å². The molecular weight excluding hydrogens is 510 g/mol. The topological polar surface area (TPSA) is 127 Å². The molecule has 0 aliphatic heterocycles. The number of pyridine rings is 1. The van der Waals surface area contributed by atoms with E-state index >= 15 is 0 Å². The van der Waals surface area contributed by atoms with Gasteiger partial charge in [0.25, 0.3) is 0 Å². The highest BCUT2D eigenvalue weighted by Crippen LogP contribution is 2.28. The first-order valence-electron chi connectivity index (χ1n) is 12.5. The van der Waals surface area contributed by atoms with Crippen molar-refractivity contribution in [1.29, 1.82) is 0 Å². The van der Waals surface area contributed by atoms with Gasteiger partial charge in [-0.3, -0.25) is 15.0 Å². The Hall–Kier alpha value is -3.98. The number of amides is 1. The SMILES string of the molecule is CN(CCOC(=O)Nc1cc(F)c(CNC[C@H](O)c2ccc(O)c3[nH]c(=O)ccc23)cc1F)C1CC#CCC1. The number of likely N-dealkylation sites (N-methyl/N-ethyl adjacent to an activating group) is 1. The molecule has 0 bridgehead atoms. The Labute approximate surface area is 223 Å². The number of benzene rings is 2. The summed E-state index contributed by atoms with van der Waals surface area (Å²) in [6.45, 7) is 0.460. The molecule has 1 heterocycles. The summed E-state index contributed by atoms with van der Waals surface area (Å²) in [7, 11) is 1.93. The summed E-state index contributed by atoms with van der Waals surface area (Å²) >= 11 is 0. The number of rotatable bonds is 10. The van der Waals surface area contributed by atoms with Crippen LogP contribution >= 0.6 is 0 Å². The largest absolute Gasteiger partial charge is 0.506 e. The van der Waals surface area contributed by atoms with Gasteiger partial charge in [0.1, 0.15) is 24.0 Å². The standard InChI is InChI=1S/C28H30F2N4O5/c1-34(18-5-3-2-4-6-18)11-12-39-28(38)32-23-14-21(29)17(13-22(23)30)15-31-16-25(36)19-7-9-24(35)27-20(19)8-10-26(37)33-27/h7-10,13-14,18,25,31,35-36H,3,5-6,11-12,15-16H2,1H3,(H,32,38)(H,33,37)/t18?,25-/m0/s1. The van der Waals surface area contributed by atoms with E-state index in [1.807, 2.05) is 7.05 Å². The van der Waals surface area contributed by atoms with Gasteiger partial charge < -0.3 is 25.3 Å². The van der Waals surface area contributed by atoms with Crippen molar-refractivity contribution < 1.29 is 28.5 Å². The summed E-state index contributed by atoms with van der Waals surface area (Å²) in [6.07, 6.45) is 0.611. The number of carbonyl (C=O) groups excluding carboxylic acids is 1. The number of nitrogens with one attached hydrogen (secondary N) is 3. The monoisotopic (exact) mass is 540 g/mol. The highest BCUT2D eigenvalue weighted by Gasteiger charge is 2.18. The highest BCUT2D eigenvalue weighted by atomic mass is 19.1. The van der Waals surface area contributed by atoms with Crippen LogP contribution in [0.15, 0.2) is 41.2 Å². The van der Waals surface area contributed by atoms with Crippen molar-refractivity contribution in [3.8, 4) is 17.6 Å². The number of H-pyrrole nitrogens is 1. The Balaban J connectivity index is 1.28. The quantitative estimate of drug-likeness (QED) is 0.250. The fraction of sp³-hybridized carbons (Fsp3) is 0.357. The number of hydrogen-bond donors (Lipinski definition) is 5. The zero-order valence-electron chi connectivity index (χ0n) is 21.4. The third-order valence-corrected chi connectivity index (χ3v) is 6.66. The van der Waals surface area contributed by atoms with E-state index in [-0.39, 0.29) is 42.2 Å². The molecule has 1 aliphatic rings. The van der Waals surface area contributed by atoms with Gasteiger partial charge >= 0.3 is 6.09 Å². The summed E-state index contributed by atoms with van der Waals surface area (Å²) in [5.41, 5.74) is -0.114. The molecule has 2 aromatic carbocycles. The number of aliphatic hydroxyl groups excluding tert-OH is 1. The van der Waals surface area contributed by atoms with Gasteiger partial charge in [0.2, 0.25) is 5.56 Å². The van der Waals surface area contributed by atoms with E-state index in [0.29, 0.717) is 23.5 Å². The molecule has 0 saturated heterocycles. The fourth-order valence-corrected chi connectivity index (χ4v) is 4.43. The number of fused-ring (bicyclic) bond motifs is 1. The minimum absolute atomic E-state index is 0.00397. The molecular formula is C28H30F2N4O5. The molecule has 11 heteroatoms. The summed E-state index contributed by atoms with van der Waals surface area (Å²) in [5, 5.41) is 26.2. The van der Waals surface area contributed by atoms with Crippen LogP contribution in [0, 0.1) is 23.5 Å². The van der Waals surface area contributed by atoms with E-state index in [0.717, 1.165) is 31.4 Å². The Kier molecular flexibility index (Phi) is 9.14. The molecule has 1 amide bonds. The lowest BCUT2D eigenvalue weighted by Crippen LogP contribution is -2.35. The molecule has 1 unspecified atom stereocenters. The number of nitrogens with zero attached hydrogens (tertiary/aromatic N) is 1. The number of carbonyl (C=O) groups is 1. The van der Waals surface area contributed by atoms with Gasteiger partial charge in [0.05, 0.1) is 17.3 Å². The summed E-state index contributed by atoms with van der Waals surface area (Å²) in [5.74, 6) is 4.40. The first-order chi connectivity index (χ1) is 18.7. The highest BCUT2D eigenvalue weighted by molar-refractivity contribution is 5.87. The van der Waals surface area contributed by atoms with Crippen molar-refractivity contribution in [2.24, 2.45) is 0 Å². The number of ether oxygens (including phenoxy) is 1. The molecule has 2 atom stereocenters. The Morgan fingerprint density at radius 2 is 2.05 bits per heavy atom. The summed E-state index contributed by atoms with van der Waals surface area (Å²) in [4.78, 5) is 28.2. The summed E-state index contributed by atoms with van der Waals surface area (Å²) in [6, 6.07) is 7.78. The summed E-state index contributed by atoms with van der Waals surface area (Å²) < 4.78 is 34.4. The van der Waals surface area contributed by atoms with Gasteiger partial charge in [-0.05, 0) is 37.2 Å². The number of aliphatic hydroxyl groups is 1. The minimum atomic E-state index is -1.06. The average molecular weight is 541 g/mol. The minimum Gasteiger partial charge on any atom is -0.506 e. The number of halogens is 2. The first-order valence-corrected chi connectivity index (χ1v) is 12.5. The number of hydrogen-bond acceptors (Lipinski definition) is 7. The van der Waals surface area contributed by atoms with E-state index in [2.05, 4.69) is 32.4 Å². The maximum atomic E-state index is 14.6. The molecule has 0 fully saturated rings. The van der Waals surface area contributed by atoms with E-state index in [1.165, 1.54) is 24.3 Å². The number of phenols is 1. The van der Waals surface area contributed by atoms with Gasteiger partial charge in [-0.2, -0.15) is 0 Å². The molecule has 4 rings (SSSR count). The molecule has 1 aromatic heterocycles. The van der Waals surface area contributed by atoms with Crippen LogP contribution in [-0.2, 0) is 11.3 Å². The Bertz CT molecular complexity index is 1470. The zero-order chi connectivity index (χ0) is 27.9. The van der Waals surface area contributed by atoms with Crippen molar-refractivity contribution in [1.82, 2.24) is 15.2 Å². The lowest BCUT2D eigenvalue weighted by molar-refractivity contribution is 0.132. The molecule has 1 aliphatic carbocycles. The van der Waals surface area contributed by atoms with Crippen molar-refractivity contribution >= 4 is 22.7 Å². The second-order valence-corrected chi connectivity index (χ2v) is 9.35. The third-order valence-electron chi connectivity index (χ3n) is 6.66. The van der Waals surface area contributed by atoms with Gasteiger partial charge in [-0.15, -0.1) is 11.8 Å². The second kappa shape index (κ2) is 12.7. The van der Waals surface area contributed by atoms with Crippen LogP contribution < -0.4 is 16.2 Å². The molecule has 9 nitrogen and oxygen atoms in total. The van der Waals surface area contributed by atoms with E-state index in [1.54, 1.807) is 0 Å². The Morgan fingerprint density at radius 1 is 1.23 bits per heavy atom. The van der Waals surface area contributed by atoms with E-state index < -0.39 is 29.4 Å². The van der Waals surface area contributed by atoms with Crippen molar-refractivity contribution in [2.45, 2.75) is 38.0 Å². The number of aromatic amines is 1. The molecule has 0 spiro atoms. The lowest BCUT2D eigenvalue weighted by atomic mass is 10.0. The van der Waals surface area contributed by atoms with Crippen LogP contribution in [0.2, 0.25) is 0 Å². The molecule has 5 N–H and O–H groups in total. The lowest BCUT2D eigenvalue weighted by Gasteiger charge is -2.27. The van der Waals surface area contributed by atoms with Crippen LogP contribution in [0.5, 0.6) is 5.75 Å². The van der Waals surface area contributed by atoms with E-state index in [9.17, 15) is 28.6 Å². The average Bonchev–Trinajstić information content (AvgIpc) is 2.92.